The Bertz CT molecular complexity index is 708. The van der Waals surface area contributed by atoms with Crippen LogP contribution in [0, 0.1) is 11.8 Å². The van der Waals surface area contributed by atoms with E-state index in [0.717, 1.165) is 0 Å². The minimum Gasteiger partial charge on any atom is -0.493 e. The van der Waals surface area contributed by atoms with Gasteiger partial charge in [-0.3, -0.25) is 14.4 Å². The van der Waals surface area contributed by atoms with Gasteiger partial charge >= 0.3 is 5.97 Å². The highest BCUT2D eigenvalue weighted by atomic mass is 35.5. The third kappa shape index (κ3) is 4.14. The molecule has 1 aliphatic heterocycles. The molecular formula is C16H19ClN2O6. The van der Waals surface area contributed by atoms with Crippen molar-refractivity contribution in [2.24, 2.45) is 17.6 Å². The highest BCUT2D eigenvalue weighted by Gasteiger charge is 2.37. The topological polar surface area (TPSA) is 119 Å². The van der Waals surface area contributed by atoms with Crippen LogP contribution in [0.2, 0.25) is 5.02 Å². The first kappa shape index (κ1) is 18.9. The molecule has 1 fully saturated rings. The minimum absolute atomic E-state index is 0.0889. The summed E-state index contributed by atoms with van der Waals surface area (Å²) < 4.78 is 10.4. The molecule has 3 N–H and O–H groups in total. The van der Waals surface area contributed by atoms with E-state index in [1.165, 1.54) is 24.1 Å². The molecule has 1 heterocycles. The number of halogens is 1. The SMILES string of the molecule is COc1cc(C(=O)N2C[C@@H](C)[C@H](C(=O)O)C2)cc(Cl)c1OCC(N)=O. The Morgan fingerprint density at radius 3 is 2.56 bits per heavy atom. The van der Waals surface area contributed by atoms with Crippen LogP contribution in [-0.2, 0) is 9.59 Å². The van der Waals surface area contributed by atoms with Crippen molar-refractivity contribution in [1.29, 1.82) is 0 Å². The van der Waals surface area contributed by atoms with E-state index in [1.807, 2.05) is 0 Å². The highest BCUT2D eigenvalue weighted by molar-refractivity contribution is 6.32. The first-order valence-electron chi connectivity index (χ1n) is 7.55. The molecule has 1 aliphatic rings. The molecule has 2 amide bonds. The smallest absolute Gasteiger partial charge is 0.308 e. The van der Waals surface area contributed by atoms with Crippen LogP contribution < -0.4 is 15.2 Å². The number of carboxylic acids is 1. The molecular weight excluding hydrogens is 352 g/mol. The number of methoxy groups -OCH3 is 1. The maximum atomic E-state index is 12.7. The Hall–Kier alpha value is -2.48. The Morgan fingerprint density at radius 1 is 1.36 bits per heavy atom. The van der Waals surface area contributed by atoms with E-state index in [4.69, 9.17) is 26.8 Å². The number of carbonyl (C=O) groups excluding carboxylic acids is 2. The van der Waals surface area contributed by atoms with Gasteiger partial charge in [-0.05, 0) is 18.1 Å². The van der Waals surface area contributed by atoms with E-state index >= 15 is 0 Å². The lowest BCUT2D eigenvalue weighted by molar-refractivity contribution is -0.142. The molecule has 1 aromatic carbocycles. The lowest BCUT2D eigenvalue weighted by Crippen LogP contribution is -2.30. The van der Waals surface area contributed by atoms with Gasteiger partial charge in [-0.25, -0.2) is 0 Å². The van der Waals surface area contributed by atoms with E-state index in [1.54, 1.807) is 6.92 Å². The second kappa shape index (κ2) is 7.60. The number of amides is 2. The molecule has 0 spiro atoms. The van der Waals surface area contributed by atoms with E-state index in [0.29, 0.717) is 6.54 Å². The molecule has 0 bridgehead atoms. The van der Waals surface area contributed by atoms with Crippen LogP contribution >= 0.6 is 11.6 Å². The molecule has 2 rings (SSSR count). The van der Waals surface area contributed by atoms with Crippen molar-refractivity contribution in [2.75, 3.05) is 26.8 Å². The van der Waals surface area contributed by atoms with Gasteiger partial charge in [-0.2, -0.15) is 0 Å². The third-order valence-corrected chi connectivity index (χ3v) is 4.33. The van der Waals surface area contributed by atoms with Crippen molar-refractivity contribution in [3.63, 3.8) is 0 Å². The van der Waals surface area contributed by atoms with Crippen LogP contribution in [0.5, 0.6) is 11.5 Å². The molecule has 0 aromatic heterocycles. The number of ether oxygens (including phenoxy) is 2. The molecule has 0 unspecified atom stereocenters. The van der Waals surface area contributed by atoms with E-state index in [2.05, 4.69) is 0 Å². The number of benzene rings is 1. The predicted molar refractivity (Wildman–Crippen MR) is 88.9 cm³/mol. The Kier molecular flexibility index (Phi) is 5.73. The van der Waals surface area contributed by atoms with Crippen LogP contribution in [0.3, 0.4) is 0 Å². The number of hydrogen-bond acceptors (Lipinski definition) is 5. The van der Waals surface area contributed by atoms with Gasteiger partial charge in [0.2, 0.25) is 0 Å². The van der Waals surface area contributed by atoms with Crippen molar-refractivity contribution >= 4 is 29.4 Å². The fourth-order valence-corrected chi connectivity index (χ4v) is 3.03. The first-order valence-corrected chi connectivity index (χ1v) is 7.93. The summed E-state index contributed by atoms with van der Waals surface area (Å²) >= 11 is 6.13. The monoisotopic (exact) mass is 370 g/mol. The molecule has 136 valence electrons. The van der Waals surface area contributed by atoms with Crippen LogP contribution in [-0.4, -0.2) is 54.6 Å². The molecule has 25 heavy (non-hydrogen) atoms. The van der Waals surface area contributed by atoms with Gasteiger partial charge in [0, 0.05) is 18.7 Å². The van der Waals surface area contributed by atoms with Crippen LogP contribution in [0.15, 0.2) is 12.1 Å². The molecule has 9 heteroatoms. The summed E-state index contributed by atoms with van der Waals surface area (Å²) in [5.41, 5.74) is 5.28. The lowest BCUT2D eigenvalue weighted by Gasteiger charge is -2.18. The largest absolute Gasteiger partial charge is 0.493 e. The first-order chi connectivity index (χ1) is 11.7. The van der Waals surface area contributed by atoms with Gasteiger partial charge in [0.25, 0.3) is 11.8 Å². The maximum Gasteiger partial charge on any atom is 0.308 e. The standard InChI is InChI=1S/C16H19ClN2O6/c1-8-5-19(6-10(8)16(22)23)15(21)9-3-11(17)14(12(4-9)24-2)25-7-13(18)20/h3-4,8,10H,5-7H2,1-2H3,(H2,18,20)(H,22,23)/t8-,10-/m1/s1. The van der Waals surface area contributed by atoms with Gasteiger partial charge in [0.15, 0.2) is 18.1 Å². The second-order valence-corrected chi connectivity index (χ2v) is 6.28. The molecule has 0 saturated carbocycles. The number of nitrogens with zero attached hydrogens (tertiary/aromatic N) is 1. The quantitative estimate of drug-likeness (QED) is 0.771. The number of hydrogen-bond donors (Lipinski definition) is 2. The van der Waals surface area contributed by atoms with Gasteiger partial charge in [-0.1, -0.05) is 18.5 Å². The number of carboxylic acid groups (broad SMARTS) is 1. The number of rotatable bonds is 6. The Morgan fingerprint density at radius 2 is 2.04 bits per heavy atom. The number of aliphatic carboxylic acids is 1. The normalized spacial score (nSPS) is 19.6. The third-order valence-electron chi connectivity index (χ3n) is 4.05. The number of nitrogens with two attached hydrogens (primary N) is 1. The Balaban J connectivity index is 2.25. The zero-order chi connectivity index (χ0) is 18.7. The van der Waals surface area contributed by atoms with Gasteiger partial charge < -0.3 is 25.2 Å². The number of primary amides is 1. The molecule has 0 aliphatic carbocycles. The molecule has 1 aromatic rings. The number of carbonyl (C=O) groups is 3. The summed E-state index contributed by atoms with van der Waals surface area (Å²) in [4.78, 5) is 36.2. The van der Waals surface area contributed by atoms with Crippen LogP contribution in [0.4, 0.5) is 0 Å². The van der Waals surface area contributed by atoms with Crippen molar-refractivity contribution in [1.82, 2.24) is 4.90 Å². The molecule has 0 radical (unpaired) electrons. The fraction of sp³-hybridized carbons (Fsp3) is 0.438. The molecule has 2 atom stereocenters. The summed E-state index contributed by atoms with van der Waals surface area (Å²) in [5, 5.41) is 9.28. The summed E-state index contributed by atoms with van der Waals surface area (Å²) in [6, 6.07) is 2.82. The van der Waals surface area contributed by atoms with Crippen molar-refractivity contribution in [3.05, 3.63) is 22.7 Å². The summed E-state index contributed by atoms with van der Waals surface area (Å²) in [6.45, 7) is 1.89. The van der Waals surface area contributed by atoms with Gasteiger partial charge in [0.1, 0.15) is 0 Å². The van der Waals surface area contributed by atoms with E-state index in [9.17, 15) is 19.5 Å². The van der Waals surface area contributed by atoms with Crippen LogP contribution in [0.1, 0.15) is 17.3 Å². The van der Waals surface area contributed by atoms with Crippen molar-refractivity contribution < 1.29 is 29.0 Å². The summed E-state index contributed by atoms with van der Waals surface area (Å²) in [6.07, 6.45) is 0. The predicted octanol–water partition coefficient (Wildman–Crippen LogP) is 1.01. The maximum absolute atomic E-state index is 12.7. The number of likely N-dealkylation sites (tertiary alicyclic amines) is 1. The fourth-order valence-electron chi connectivity index (χ4n) is 2.76. The van der Waals surface area contributed by atoms with Crippen molar-refractivity contribution in [2.45, 2.75) is 6.92 Å². The van der Waals surface area contributed by atoms with E-state index < -0.39 is 17.8 Å². The van der Waals surface area contributed by atoms with Gasteiger partial charge in [-0.15, -0.1) is 0 Å². The zero-order valence-electron chi connectivity index (χ0n) is 13.8. The van der Waals surface area contributed by atoms with Crippen molar-refractivity contribution in [3.8, 4) is 11.5 Å². The molecule has 1 saturated heterocycles. The Labute approximate surface area is 149 Å². The second-order valence-electron chi connectivity index (χ2n) is 5.88. The molecule has 8 nitrogen and oxygen atoms in total. The lowest BCUT2D eigenvalue weighted by atomic mass is 9.99. The zero-order valence-corrected chi connectivity index (χ0v) is 14.6. The highest BCUT2D eigenvalue weighted by Crippen LogP contribution is 2.37. The average molecular weight is 371 g/mol. The summed E-state index contributed by atoms with van der Waals surface area (Å²) in [5.74, 6) is -2.40. The van der Waals surface area contributed by atoms with Crippen LogP contribution in [0.25, 0.3) is 0 Å². The van der Waals surface area contributed by atoms with E-state index in [-0.39, 0.29) is 47.1 Å². The summed E-state index contributed by atoms with van der Waals surface area (Å²) in [7, 11) is 1.37. The van der Waals surface area contributed by atoms with Gasteiger partial charge in [0.05, 0.1) is 18.1 Å². The average Bonchev–Trinajstić information content (AvgIpc) is 2.94. The minimum atomic E-state index is -0.923.